The Labute approximate surface area is 108 Å². The topological polar surface area (TPSA) is 35.0 Å². The van der Waals surface area contributed by atoms with Gasteiger partial charge in [-0.3, -0.25) is 0 Å². The van der Waals surface area contributed by atoms with Crippen LogP contribution in [-0.2, 0) is 17.6 Å². The van der Waals surface area contributed by atoms with Gasteiger partial charge in [-0.2, -0.15) is 0 Å². The maximum absolute atomic E-state index is 6.25. The molecule has 0 aromatic carbocycles. The first kappa shape index (κ1) is 12.8. The molecule has 0 aliphatic heterocycles. The molecular formula is C13H19ClN2O. The van der Waals surface area contributed by atoms with E-state index in [1.807, 2.05) is 0 Å². The second kappa shape index (κ2) is 5.32. The van der Waals surface area contributed by atoms with Crippen molar-refractivity contribution in [3.05, 3.63) is 22.2 Å². The van der Waals surface area contributed by atoms with Crippen molar-refractivity contribution in [3.8, 4) is 0 Å². The standard InChI is InChI=1S/C13H19ClN2O/c1-8(2)11(17-3)13-15-10-7-5-4-6-9(10)12(14)16-13/h8,11H,4-7H2,1-3H3. The maximum atomic E-state index is 6.25. The fraction of sp³-hybridized carbons (Fsp3) is 0.692. The second-order valence-corrected chi connectivity index (χ2v) is 5.26. The molecule has 0 radical (unpaired) electrons. The van der Waals surface area contributed by atoms with Gasteiger partial charge in [0.2, 0.25) is 0 Å². The number of hydrogen-bond donors (Lipinski definition) is 0. The van der Waals surface area contributed by atoms with Gasteiger partial charge in [0, 0.05) is 18.4 Å². The van der Waals surface area contributed by atoms with Crippen molar-refractivity contribution in [2.45, 2.75) is 45.6 Å². The highest BCUT2D eigenvalue weighted by atomic mass is 35.5. The van der Waals surface area contributed by atoms with Crippen molar-refractivity contribution in [3.63, 3.8) is 0 Å². The van der Waals surface area contributed by atoms with Crippen LogP contribution in [-0.4, -0.2) is 17.1 Å². The number of rotatable bonds is 3. The van der Waals surface area contributed by atoms with E-state index in [1.54, 1.807) is 7.11 Å². The van der Waals surface area contributed by atoms with E-state index in [1.165, 1.54) is 12.8 Å². The normalized spacial score (nSPS) is 17.0. The fourth-order valence-electron chi connectivity index (χ4n) is 2.37. The third-order valence-electron chi connectivity index (χ3n) is 3.26. The van der Waals surface area contributed by atoms with Crippen molar-refractivity contribution in [1.82, 2.24) is 9.97 Å². The van der Waals surface area contributed by atoms with E-state index in [0.29, 0.717) is 11.1 Å². The molecule has 1 aliphatic carbocycles. The lowest BCUT2D eigenvalue weighted by Gasteiger charge is -2.21. The number of fused-ring (bicyclic) bond motifs is 1. The van der Waals surface area contributed by atoms with E-state index in [2.05, 4.69) is 23.8 Å². The molecule has 0 amide bonds. The SMILES string of the molecule is COC(c1nc(Cl)c2c(n1)CCCC2)C(C)C. The highest BCUT2D eigenvalue weighted by molar-refractivity contribution is 6.30. The van der Waals surface area contributed by atoms with Crippen LogP contribution in [0.4, 0.5) is 0 Å². The molecule has 0 spiro atoms. The zero-order valence-electron chi connectivity index (χ0n) is 10.7. The second-order valence-electron chi connectivity index (χ2n) is 4.91. The van der Waals surface area contributed by atoms with Crippen LogP contribution in [0.3, 0.4) is 0 Å². The summed E-state index contributed by atoms with van der Waals surface area (Å²) in [4.78, 5) is 9.05. The van der Waals surface area contributed by atoms with Crippen LogP contribution in [0.5, 0.6) is 0 Å². The van der Waals surface area contributed by atoms with E-state index in [9.17, 15) is 0 Å². The first-order chi connectivity index (χ1) is 8.13. The van der Waals surface area contributed by atoms with Crippen LogP contribution < -0.4 is 0 Å². The maximum Gasteiger partial charge on any atom is 0.159 e. The minimum Gasteiger partial charge on any atom is -0.373 e. The van der Waals surface area contributed by atoms with Crippen molar-refractivity contribution < 1.29 is 4.74 Å². The number of ether oxygens (including phenoxy) is 1. The molecular weight excluding hydrogens is 236 g/mol. The molecule has 1 aromatic rings. The lowest BCUT2D eigenvalue weighted by molar-refractivity contribution is 0.0572. The Morgan fingerprint density at radius 1 is 1.18 bits per heavy atom. The third-order valence-corrected chi connectivity index (χ3v) is 3.58. The summed E-state index contributed by atoms with van der Waals surface area (Å²) in [5, 5.41) is 0.618. The van der Waals surface area contributed by atoms with Gasteiger partial charge in [-0.1, -0.05) is 25.4 Å². The van der Waals surface area contributed by atoms with Crippen molar-refractivity contribution >= 4 is 11.6 Å². The molecule has 0 saturated carbocycles. The summed E-state index contributed by atoms with van der Waals surface area (Å²) in [5.74, 6) is 1.07. The van der Waals surface area contributed by atoms with E-state index in [-0.39, 0.29) is 6.10 Å². The van der Waals surface area contributed by atoms with Gasteiger partial charge >= 0.3 is 0 Å². The molecule has 0 fully saturated rings. The predicted molar refractivity (Wildman–Crippen MR) is 68.3 cm³/mol. The fourth-order valence-corrected chi connectivity index (χ4v) is 2.66. The van der Waals surface area contributed by atoms with E-state index in [4.69, 9.17) is 16.3 Å². The van der Waals surface area contributed by atoms with Gasteiger partial charge in [-0.15, -0.1) is 0 Å². The summed E-state index contributed by atoms with van der Waals surface area (Å²) < 4.78 is 5.46. The van der Waals surface area contributed by atoms with Crippen LogP contribution in [0.1, 0.15) is 49.9 Å². The molecule has 0 N–H and O–H groups in total. The number of aryl methyl sites for hydroxylation is 1. The van der Waals surface area contributed by atoms with Crippen molar-refractivity contribution in [1.29, 1.82) is 0 Å². The first-order valence-corrected chi connectivity index (χ1v) is 6.59. The molecule has 0 saturated heterocycles. The molecule has 4 heteroatoms. The van der Waals surface area contributed by atoms with Gasteiger partial charge in [-0.05, 0) is 31.6 Å². The number of halogens is 1. The molecule has 1 unspecified atom stereocenters. The summed E-state index contributed by atoms with van der Waals surface area (Å²) in [6.45, 7) is 4.20. The third kappa shape index (κ3) is 2.61. The Hall–Kier alpha value is -0.670. The average Bonchev–Trinajstić information content (AvgIpc) is 2.29. The first-order valence-electron chi connectivity index (χ1n) is 6.21. The van der Waals surface area contributed by atoms with Crippen molar-refractivity contribution in [2.75, 3.05) is 7.11 Å². The summed E-state index contributed by atoms with van der Waals surface area (Å²) >= 11 is 6.25. The molecule has 3 nitrogen and oxygen atoms in total. The van der Waals surface area contributed by atoms with Crippen LogP contribution in [0.2, 0.25) is 5.15 Å². The lowest BCUT2D eigenvalue weighted by atomic mass is 9.97. The zero-order valence-corrected chi connectivity index (χ0v) is 11.4. The van der Waals surface area contributed by atoms with Gasteiger partial charge in [-0.25, -0.2) is 9.97 Å². The molecule has 1 heterocycles. The molecule has 94 valence electrons. The van der Waals surface area contributed by atoms with Gasteiger partial charge in [0.15, 0.2) is 5.82 Å². The number of hydrogen-bond acceptors (Lipinski definition) is 3. The van der Waals surface area contributed by atoms with Crippen LogP contribution in [0.15, 0.2) is 0 Å². The predicted octanol–water partition coefficient (Wildman–Crippen LogP) is 3.35. The summed E-state index contributed by atoms with van der Waals surface area (Å²) in [6.07, 6.45) is 4.33. The van der Waals surface area contributed by atoms with Gasteiger partial charge in [0.05, 0.1) is 0 Å². The van der Waals surface area contributed by atoms with Gasteiger partial charge < -0.3 is 4.74 Å². The molecule has 1 atom stereocenters. The Morgan fingerprint density at radius 3 is 2.53 bits per heavy atom. The van der Waals surface area contributed by atoms with Gasteiger partial charge in [0.25, 0.3) is 0 Å². The average molecular weight is 255 g/mol. The lowest BCUT2D eigenvalue weighted by Crippen LogP contribution is -2.17. The number of methoxy groups -OCH3 is 1. The molecule has 1 aliphatic rings. The van der Waals surface area contributed by atoms with Crippen molar-refractivity contribution in [2.24, 2.45) is 5.92 Å². The van der Waals surface area contributed by atoms with E-state index in [0.717, 1.165) is 29.9 Å². The Kier molecular flexibility index (Phi) is 4.00. The minimum atomic E-state index is -0.0697. The van der Waals surface area contributed by atoms with Gasteiger partial charge in [0.1, 0.15) is 11.3 Å². The minimum absolute atomic E-state index is 0.0697. The largest absolute Gasteiger partial charge is 0.373 e. The highest BCUT2D eigenvalue weighted by Crippen LogP contribution is 2.29. The molecule has 17 heavy (non-hydrogen) atoms. The number of aromatic nitrogens is 2. The molecule has 2 rings (SSSR count). The summed E-state index contributed by atoms with van der Waals surface area (Å²) in [5.41, 5.74) is 2.26. The monoisotopic (exact) mass is 254 g/mol. The number of nitrogens with zero attached hydrogens (tertiary/aromatic N) is 2. The van der Waals surface area contributed by atoms with Crippen LogP contribution in [0.25, 0.3) is 0 Å². The Morgan fingerprint density at radius 2 is 1.88 bits per heavy atom. The Balaban J connectivity index is 2.39. The highest BCUT2D eigenvalue weighted by Gasteiger charge is 2.23. The summed E-state index contributed by atoms with van der Waals surface area (Å²) in [6, 6.07) is 0. The Bertz CT molecular complexity index is 407. The molecule has 0 bridgehead atoms. The van der Waals surface area contributed by atoms with Crippen LogP contribution in [0, 0.1) is 5.92 Å². The smallest absolute Gasteiger partial charge is 0.159 e. The van der Waals surface area contributed by atoms with E-state index < -0.39 is 0 Å². The summed E-state index contributed by atoms with van der Waals surface area (Å²) in [7, 11) is 1.70. The molecule has 1 aromatic heterocycles. The van der Waals surface area contributed by atoms with Crippen LogP contribution >= 0.6 is 11.6 Å². The zero-order chi connectivity index (χ0) is 12.4. The van der Waals surface area contributed by atoms with E-state index >= 15 is 0 Å². The quantitative estimate of drug-likeness (QED) is 0.776.